The first kappa shape index (κ1) is 21.6. The van der Waals surface area contributed by atoms with Gasteiger partial charge in [0.25, 0.3) is 5.91 Å². The Labute approximate surface area is 184 Å². The van der Waals surface area contributed by atoms with Gasteiger partial charge in [-0.25, -0.2) is 13.5 Å². The Balaban J connectivity index is 1.30. The van der Waals surface area contributed by atoms with Crippen LogP contribution in [0.15, 0.2) is 48.7 Å². The largest absolute Gasteiger partial charge is 0.353 e. The topological polar surface area (TPSA) is 80.1 Å². The zero-order chi connectivity index (χ0) is 22.7. The average molecular weight is 439 g/mol. The van der Waals surface area contributed by atoms with Gasteiger partial charge in [-0.15, -0.1) is 5.10 Å². The van der Waals surface area contributed by atoms with Crippen LogP contribution < -0.4 is 5.32 Å². The predicted molar refractivity (Wildman–Crippen MR) is 113 cm³/mol. The van der Waals surface area contributed by atoms with Crippen LogP contribution in [0.25, 0.3) is 5.69 Å². The molecule has 166 valence electrons. The third-order valence-corrected chi connectivity index (χ3v) is 5.54. The third kappa shape index (κ3) is 4.99. The second-order valence-electron chi connectivity index (χ2n) is 7.92. The second-order valence-corrected chi connectivity index (χ2v) is 7.92. The standard InChI is InChI=1S/C23H23F2N5O2/c1-15-12-19(6-7-20(15)25)30-14-21(27-28-30)23(32)29-10-8-18(9-11-29)26-22(31)13-16-2-4-17(24)5-3-16/h2-7,12,14,18H,8-11,13H2,1H3,(H,26,31). The van der Waals surface area contributed by atoms with Crippen molar-refractivity contribution in [2.24, 2.45) is 0 Å². The van der Waals surface area contributed by atoms with Gasteiger partial charge in [-0.2, -0.15) is 0 Å². The summed E-state index contributed by atoms with van der Waals surface area (Å²) in [6.07, 6.45) is 2.98. The highest BCUT2D eigenvalue weighted by Gasteiger charge is 2.26. The second kappa shape index (κ2) is 9.25. The molecule has 2 heterocycles. The fourth-order valence-electron chi connectivity index (χ4n) is 3.71. The molecule has 3 aromatic rings. The Morgan fingerprint density at radius 1 is 1.09 bits per heavy atom. The maximum atomic E-state index is 13.5. The smallest absolute Gasteiger partial charge is 0.276 e. The summed E-state index contributed by atoms with van der Waals surface area (Å²) in [5.74, 6) is -0.998. The number of carbonyl (C=O) groups is 2. The van der Waals surface area contributed by atoms with Crippen molar-refractivity contribution < 1.29 is 18.4 Å². The van der Waals surface area contributed by atoms with Gasteiger partial charge in [-0.05, 0) is 61.2 Å². The number of nitrogens with one attached hydrogen (secondary N) is 1. The Morgan fingerprint density at radius 2 is 1.81 bits per heavy atom. The Morgan fingerprint density at radius 3 is 2.50 bits per heavy atom. The molecule has 4 rings (SSSR count). The number of aryl methyl sites for hydroxylation is 1. The van der Waals surface area contributed by atoms with Crippen LogP contribution in [-0.2, 0) is 11.2 Å². The monoisotopic (exact) mass is 439 g/mol. The molecule has 1 aliphatic heterocycles. The van der Waals surface area contributed by atoms with Crippen molar-refractivity contribution in [2.75, 3.05) is 13.1 Å². The number of benzene rings is 2. The Hall–Kier alpha value is -3.62. The first-order chi connectivity index (χ1) is 15.4. The molecule has 0 bridgehead atoms. The van der Waals surface area contributed by atoms with E-state index in [2.05, 4.69) is 15.6 Å². The van der Waals surface area contributed by atoms with Crippen molar-refractivity contribution in [2.45, 2.75) is 32.2 Å². The van der Waals surface area contributed by atoms with Crippen LogP contribution in [0.1, 0.15) is 34.5 Å². The Kier molecular flexibility index (Phi) is 6.25. The van der Waals surface area contributed by atoms with Crippen molar-refractivity contribution in [3.8, 4) is 5.69 Å². The van der Waals surface area contributed by atoms with E-state index in [1.54, 1.807) is 36.1 Å². The fraction of sp³-hybridized carbons (Fsp3) is 0.304. The van der Waals surface area contributed by atoms with Crippen molar-refractivity contribution >= 4 is 11.8 Å². The van der Waals surface area contributed by atoms with E-state index in [1.165, 1.54) is 29.1 Å². The van der Waals surface area contributed by atoms with Gasteiger partial charge in [0.1, 0.15) is 11.6 Å². The zero-order valence-electron chi connectivity index (χ0n) is 17.6. The summed E-state index contributed by atoms with van der Waals surface area (Å²) in [6, 6.07) is 10.4. The van der Waals surface area contributed by atoms with Crippen molar-refractivity contribution in [3.05, 3.63) is 77.1 Å². The number of nitrogens with zero attached hydrogens (tertiary/aromatic N) is 4. The number of rotatable bonds is 5. The van der Waals surface area contributed by atoms with Gasteiger partial charge in [0.15, 0.2) is 5.69 Å². The van der Waals surface area contributed by atoms with Gasteiger partial charge < -0.3 is 10.2 Å². The molecule has 2 amide bonds. The highest BCUT2D eigenvalue weighted by molar-refractivity contribution is 5.92. The van der Waals surface area contributed by atoms with Crippen LogP contribution >= 0.6 is 0 Å². The lowest BCUT2D eigenvalue weighted by Crippen LogP contribution is -2.47. The molecule has 1 saturated heterocycles. The van der Waals surface area contributed by atoms with E-state index >= 15 is 0 Å². The normalized spacial score (nSPS) is 14.4. The minimum absolute atomic E-state index is 0.0233. The third-order valence-electron chi connectivity index (χ3n) is 5.54. The van der Waals surface area contributed by atoms with Crippen LogP contribution in [-0.4, -0.2) is 50.8 Å². The van der Waals surface area contributed by atoms with E-state index in [0.29, 0.717) is 37.2 Å². The maximum Gasteiger partial charge on any atom is 0.276 e. The molecule has 0 saturated carbocycles. The van der Waals surface area contributed by atoms with Crippen LogP contribution in [0.4, 0.5) is 8.78 Å². The van der Waals surface area contributed by atoms with Gasteiger partial charge in [-0.1, -0.05) is 17.3 Å². The predicted octanol–water partition coefficient (Wildman–Crippen LogP) is 2.82. The number of piperidine rings is 1. The molecule has 0 spiro atoms. The number of halogens is 2. The van der Waals surface area contributed by atoms with E-state index < -0.39 is 0 Å². The fourth-order valence-corrected chi connectivity index (χ4v) is 3.71. The SMILES string of the molecule is Cc1cc(-n2cc(C(=O)N3CCC(NC(=O)Cc4ccc(F)cc4)CC3)nn2)ccc1F. The van der Waals surface area contributed by atoms with Gasteiger partial charge in [0, 0.05) is 19.1 Å². The van der Waals surface area contributed by atoms with Crippen LogP contribution in [0.2, 0.25) is 0 Å². The lowest BCUT2D eigenvalue weighted by atomic mass is 10.0. The average Bonchev–Trinajstić information content (AvgIpc) is 3.27. The van der Waals surface area contributed by atoms with Gasteiger partial charge in [-0.3, -0.25) is 9.59 Å². The van der Waals surface area contributed by atoms with E-state index in [9.17, 15) is 18.4 Å². The molecule has 32 heavy (non-hydrogen) atoms. The molecule has 2 aromatic carbocycles. The first-order valence-electron chi connectivity index (χ1n) is 10.4. The number of hydrogen-bond acceptors (Lipinski definition) is 4. The number of aromatic nitrogens is 3. The molecule has 1 aliphatic rings. The highest BCUT2D eigenvalue weighted by atomic mass is 19.1. The van der Waals surface area contributed by atoms with E-state index in [0.717, 1.165) is 5.56 Å². The molecule has 1 N–H and O–H groups in total. The van der Waals surface area contributed by atoms with E-state index in [1.807, 2.05) is 0 Å². The highest BCUT2D eigenvalue weighted by Crippen LogP contribution is 2.16. The minimum atomic E-state index is -0.334. The van der Waals surface area contributed by atoms with E-state index in [-0.39, 0.29) is 41.6 Å². The summed E-state index contributed by atoms with van der Waals surface area (Å²) in [7, 11) is 0. The molecule has 0 radical (unpaired) electrons. The number of carbonyl (C=O) groups excluding carboxylic acids is 2. The summed E-state index contributed by atoms with van der Waals surface area (Å²) in [4.78, 5) is 26.7. The molecule has 7 nitrogen and oxygen atoms in total. The summed E-state index contributed by atoms with van der Waals surface area (Å²) >= 11 is 0. The van der Waals surface area contributed by atoms with Crippen molar-refractivity contribution in [3.63, 3.8) is 0 Å². The van der Waals surface area contributed by atoms with Crippen LogP contribution in [0.5, 0.6) is 0 Å². The van der Waals surface area contributed by atoms with Crippen molar-refractivity contribution in [1.82, 2.24) is 25.2 Å². The summed E-state index contributed by atoms with van der Waals surface area (Å²) in [6.45, 7) is 2.64. The Bertz CT molecular complexity index is 1120. The van der Waals surface area contributed by atoms with Gasteiger partial charge in [0.2, 0.25) is 5.91 Å². The minimum Gasteiger partial charge on any atom is -0.353 e. The number of likely N-dealkylation sites (tertiary alicyclic amines) is 1. The van der Waals surface area contributed by atoms with Gasteiger partial charge >= 0.3 is 0 Å². The molecule has 1 aromatic heterocycles. The lowest BCUT2D eigenvalue weighted by Gasteiger charge is -2.32. The van der Waals surface area contributed by atoms with Gasteiger partial charge in [0.05, 0.1) is 18.3 Å². The van der Waals surface area contributed by atoms with Crippen LogP contribution in [0.3, 0.4) is 0 Å². The lowest BCUT2D eigenvalue weighted by molar-refractivity contribution is -0.121. The molecule has 1 fully saturated rings. The molecular weight excluding hydrogens is 416 g/mol. The maximum absolute atomic E-state index is 13.5. The zero-order valence-corrected chi connectivity index (χ0v) is 17.6. The molecule has 9 heteroatoms. The quantitative estimate of drug-likeness (QED) is 0.663. The van der Waals surface area contributed by atoms with E-state index in [4.69, 9.17) is 0 Å². The molecule has 0 unspecified atom stereocenters. The summed E-state index contributed by atoms with van der Waals surface area (Å²) < 4.78 is 27.9. The van der Waals surface area contributed by atoms with Crippen molar-refractivity contribution in [1.29, 1.82) is 0 Å². The summed E-state index contributed by atoms with van der Waals surface area (Å²) in [5.41, 5.74) is 2.06. The molecule has 0 aliphatic carbocycles. The number of hydrogen-bond donors (Lipinski definition) is 1. The first-order valence-corrected chi connectivity index (χ1v) is 10.4. The summed E-state index contributed by atoms with van der Waals surface area (Å²) in [5, 5.41) is 10.9. The number of amides is 2. The van der Waals surface area contributed by atoms with Crippen LogP contribution in [0, 0.1) is 18.6 Å². The molecular formula is C23H23F2N5O2. The molecule has 0 atom stereocenters.